The molecule has 3 fully saturated rings. The van der Waals surface area contributed by atoms with Crippen molar-refractivity contribution in [2.75, 3.05) is 6.61 Å². The Morgan fingerprint density at radius 3 is 2.67 bits per heavy atom. The van der Waals surface area contributed by atoms with Crippen molar-refractivity contribution in [2.24, 2.45) is 5.92 Å². The van der Waals surface area contributed by atoms with Crippen molar-refractivity contribution in [1.29, 1.82) is 0 Å². The second kappa shape index (κ2) is 5.16. The van der Waals surface area contributed by atoms with E-state index in [9.17, 15) is 14.7 Å². The fraction of sp³-hybridized carbons (Fsp3) is 0.867. The van der Waals surface area contributed by atoms with E-state index in [1.807, 2.05) is 13.8 Å². The van der Waals surface area contributed by atoms with Gasteiger partial charge in [0.05, 0.1) is 11.5 Å². The molecule has 118 valence electrons. The average molecular weight is 296 g/mol. The number of hydrogen-bond acceptors (Lipinski definition) is 3. The minimum atomic E-state index is -0.771. The highest BCUT2D eigenvalue weighted by atomic mass is 16.5. The molecule has 0 saturated carbocycles. The summed E-state index contributed by atoms with van der Waals surface area (Å²) < 4.78 is 5.66. The number of nitrogens with zero attached hydrogens (tertiary/aromatic N) is 1. The molecule has 3 aliphatic heterocycles. The van der Waals surface area contributed by atoms with E-state index >= 15 is 0 Å². The Labute approximate surface area is 124 Å². The summed E-state index contributed by atoms with van der Waals surface area (Å²) in [5.41, 5.74) is -0.205. The van der Waals surface area contributed by atoms with Crippen molar-refractivity contribution in [3.05, 3.63) is 0 Å². The largest absolute Gasteiger partial charge is 0.481 e. The number of urea groups is 1. The lowest BCUT2D eigenvalue weighted by Crippen LogP contribution is -2.51. The lowest BCUT2D eigenvalue weighted by atomic mass is 9.89. The molecule has 0 aliphatic carbocycles. The normalized spacial score (nSPS) is 37.5. The van der Waals surface area contributed by atoms with E-state index in [1.54, 1.807) is 4.90 Å². The Balaban J connectivity index is 1.63. The van der Waals surface area contributed by atoms with Crippen molar-refractivity contribution in [3.63, 3.8) is 0 Å². The summed E-state index contributed by atoms with van der Waals surface area (Å²) in [4.78, 5) is 25.6. The zero-order valence-corrected chi connectivity index (χ0v) is 12.7. The first-order valence-electron chi connectivity index (χ1n) is 7.83. The first kappa shape index (κ1) is 14.6. The number of hydrogen-bond donors (Lipinski definition) is 2. The molecule has 0 aromatic heterocycles. The van der Waals surface area contributed by atoms with Crippen LogP contribution < -0.4 is 5.32 Å². The monoisotopic (exact) mass is 296 g/mol. The Kier molecular flexibility index (Phi) is 3.59. The molecule has 0 spiro atoms. The van der Waals surface area contributed by atoms with Gasteiger partial charge in [-0.05, 0) is 46.0 Å². The minimum Gasteiger partial charge on any atom is -0.481 e. The van der Waals surface area contributed by atoms with Crippen molar-refractivity contribution in [2.45, 2.75) is 69.7 Å². The highest BCUT2D eigenvalue weighted by Crippen LogP contribution is 2.41. The smallest absolute Gasteiger partial charge is 0.318 e. The summed E-state index contributed by atoms with van der Waals surface area (Å²) in [5.74, 6) is -1.16. The highest BCUT2D eigenvalue weighted by molar-refractivity contribution is 5.79. The van der Waals surface area contributed by atoms with Crippen LogP contribution in [0.1, 0.15) is 46.0 Å². The predicted molar refractivity (Wildman–Crippen MR) is 76.0 cm³/mol. The Morgan fingerprint density at radius 1 is 1.29 bits per heavy atom. The Bertz CT molecular complexity index is 451. The molecular formula is C15H24N2O4. The van der Waals surface area contributed by atoms with Crippen LogP contribution in [0.5, 0.6) is 0 Å². The lowest BCUT2D eigenvalue weighted by Gasteiger charge is -2.37. The van der Waals surface area contributed by atoms with Crippen LogP contribution in [0.15, 0.2) is 0 Å². The first-order valence-corrected chi connectivity index (χ1v) is 7.83. The maximum Gasteiger partial charge on any atom is 0.318 e. The van der Waals surface area contributed by atoms with Gasteiger partial charge in [-0.2, -0.15) is 0 Å². The predicted octanol–water partition coefficient (Wildman–Crippen LogP) is 1.59. The number of amides is 2. The van der Waals surface area contributed by atoms with Gasteiger partial charge in [-0.25, -0.2) is 4.79 Å². The molecule has 6 nitrogen and oxygen atoms in total. The number of fused-ring (bicyclic) bond motifs is 2. The summed E-state index contributed by atoms with van der Waals surface area (Å²) in [6.07, 6.45) is 3.97. The summed E-state index contributed by atoms with van der Waals surface area (Å²) >= 11 is 0. The molecule has 4 unspecified atom stereocenters. The maximum atomic E-state index is 12.5. The highest BCUT2D eigenvalue weighted by Gasteiger charge is 2.51. The third-order valence-electron chi connectivity index (χ3n) is 5.11. The minimum absolute atomic E-state index is 0.0889. The van der Waals surface area contributed by atoms with Crippen LogP contribution in [0.4, 0.5) is 4.79 Å². The maximum absolute atomic E-state index is 12.5. The molecular weight excluding hydrogens is 272 g/mol. The topological polar surface area (TPSA) is 78.9 Å². The molecule has 6 heteroatoms. The van der Waals surface area contributed by atoms with E-state index in [-0.39, 0.29) is 35.7 Å². The summed E-state index contributed by atoms with van der Waals surface area (Å²) in [6.45, 7) is 4.72. The molecule has 21 heavy (non-hydrogen) atoms. The number of nitrogens with one attached hydrogen (secondary N) is 1. The Morgan fingerprint density at radius 2 is 2.05 bits per heavy atom. The van der Waals surface area contributed by atoms with Crippen LogP contribution >= 0.6 is 0 Å². The standard InChI is InChI=1S/C15H24N2O4/c1-15(2)8-9(5-6-21-15)16-14(20)17-10-3-4-12(17)11(7-10)13(18)19/h9-12H,3-8H2,1-2H3,(H,16,20)(H,18,19). The molecule has 2 N–H and O–H groups in total. The number of ether oxygens (including phenoxy) is 1. The van der Waals surface area contributed by atoms with Crippen molar-refractivity contribution in [1.82, 2.24) is 10.2 Å². The number of carbonyl (C=O) groups is 2. The zero-order chi connectivity index (χ0) is 15.2. The van der Waals surface area contributed by atoms with Crippen LogP contribution in [0.2, 0.25) is 0 Å². The molecule has 2 bridgehead atoms. The number of carbonyl (C=O) groups excluding carboxylic acids is 1. The Hall–Kier alpha value is -1.30. The summed E-state index contributed by atoms with van der Waals surface area (Å²) in [5, 5.41) is 12.3. The van der Waals surface area contributed by atoms with Crippen LogP contribution in [-0.4, -0.2) is 52.3 Å². The van der Waals surface area contributed by atoms with Gasteiger partial charge in [-0.3, -0.25) is 4.79 Å². The van der Waals surface area contributed by atoms with Gasteiger partial charge in [-0.1, -0.05) is 0 Å². The van der Waals surface area contributed by atoms with Gasteiger partial charge in [-0.15, -0.1) is 0 Å². The van der Waals surface area contributed by atoms with Gasteiger partial charge < -0.3 is 20.1 Å². The molecule has 0 aromatic rings. The molecule has 3 aliphatic rings. The van der Waals surface area contributed by atoms with Crippen molar-refractivity contribution in [3.8, 4) is 0 Å². The van der Waals surface area contributed by atoms with Gasteiger partial charge in [0.1, 0.15) is 0 Å². The van der Waals surface area contributed by atoms with Crippen LogP contribution in [0.25, 0.3) is 0 Å². The number of carboxylic acids is 1. The van der Waals surface area contributed by atoms with Gasteiger partial charge in [0.25, 0.3) is 0 Å². The van der Waals surface area contributed by atoms with Crippen molar-refractivity contribution >= 4 is 12.0 Å². The SMILES string of the molecule is CC1(C)CC(NC(=O)N2C3CCC2C(C(=O)O)C3)CCO1. The van der Waals surface area contributed by atoms with Gasteiger partial charge >= 0.3 is 12.0 Å². The fourth-order valence-corrected chi connectivity index (χ4v) is 4.17. The van der Waals surface area contributed by atoms with Gasteiger partial charge in [0.15, 0.2) is 0 Å². The molecule has 0 radical (unpaired) electrons. The lowest BCUT2D eigenvalue weighted by molar-refractivity contribution is -0.142. The molecule has 3 rings (SSSR count). The molecule has 2 amide bonds. The summed E-state index contributed by atoms with van der Waals surface area (Å²) in [6, 6.07) is 0.00257. The first-order chi connectivity index (χ1) is 9.87. The van der Waals surface area contributed by atoms with E-state index in [0.717, 1.165) is 25.7 Å². The van der Waals surface area contributed by atoms with E-state index in [2.05, 4.69) is 5.32 Å². The number of rotatable bonds is 2. The zero-order valence-electron chi connectivity index (χ0n) is 12.7. The van der Waals surface area contributed by atoms with E-state index in [0.29, 0.717) is 13.0 Å². The summed E-state index contributed by atoms with van der Waals surface area (Å²) in [7, 11) is 0. The van der Waals surface area contributed by atoms with E-state index in [1.165, 1.54) is 0 Å². The van der Waals surface area contributed by atoms with E-state index in [4.69, 9.17) is 4.74 Å². The number of aliphatic carboxylic acids is 1. The third kappa shape index (κ3) is 2.73. The second-order valence-corrected chi connectivity index (χ2v) is 7.13. The molecule has 3 saturated heterocycles. The van der Waals surface area contributed by atoms with Crippen LogP contribution in [0, 0.1) is 5.92 Å². The van der Waals surface area contributed by atoms with Gasteiger partial charge in [0, 0.05) is 24.7 Å². The molecule has 0 aromatic carbocycles. The third-order valence-corrected chi connectivity index (χ3v) is 5.11. The van der Waals surface area contributed by atoms with Crippen LogP contribution in [0.3, 0.4) is 0 Å². The van der Waals surface area contributed by atoms with Crippen LogP contribution in [-0.2, 0) is 9.53 Å². The fourth-order valence-electron chi connectivity index (χ4n) is 4.17. The number of carboxylic acid groups (broad SMARTS) is 1. The molecule has 4 atom stereocenters. The quantitative estimate of drug-likeness (QED) is 0.811. The molecule has 3 heterocycles. The second-order valence-electron chi connectivity index (χ2n) is 7.13. The van der Waals surface area contributed by atoms with Crippen molar-refractivity contribution < 1.29 is 19.4 Å². The van der Waals surface area contributed by atoms with Gasteiger partial charge in [0.2, 0.25) is 0 Å². The van der Waals surface area contributed by atoms with E-state index < -0.39 is 5.97 Å². The average Bonchev–Trinajstić information content (AvgIpc) is 2.94.